The number of nitrogens with two attached hydrogens (primary N) is 1. The number of aliphatic hydroxyl groups is 2. The summed E-state index contributed by atoms with van der Waals surface area (Å²) in [6.45, 7) is 1.66. The van der Waals surface area contributed by atoms with Gasteiger partial charge in [-0.15, -0.1) is 0 Å². The number of hydrogen-bond donors (Lipinski definition) is 3. The fourth-order valence-electron chi connectivity index (χ4n) is 4.89. The van der Waals surface area contributed by atoms with E-state index in [1.165, 1.54) is 10.8 Å². The molecule has 150 valence electrons. The summed E-state index contributed by atoms with van der Waals surface area (Å²) in [4.78, 5) is 16.4. The molecule has 0 spiro atoms. The number of aliphatic hydroxyl groups excluding tert-OH is 1. The molecule has 1 aliphatic heterocycles. The monoisotopic (exact) mass is 388 g/mol. The Bertz CT molecular complexity index is 942. The molecule has 0 aromatic carbocycles. The lowest BCUT2D eigenvalue weighted by molar-refractivity contribution is -0.162. The van der Waals surface area contributed by atoms with Gasteiger partial charge in [0.25, 0.3) is 0 Å². The Labute approximate surface area is 161 Å². The number of carbonyl (C=O) groups is 1. The van der Waals surface area contributed by atoms with Gasteiger partial charge in [-0.3, -0.25) is 4.79 Å². The van der Waals surface area contributed by atoms with E-state index in [1.807, 2.05) is 0 Å². The van der Waals surface area contributed by atoms with Crippen molar-refractivity contribution >= 4 is 17.3 Å². The van der Waals surface area contributed by atoms with E-state index >= 15 is 0 Å². The van der Waals surface area contributed by atoms with Crippen LogP contribution in [0, 0.1) is 5.92 Å². The average Bonchev–Trinajstić information content (AvgIpc) is 3.00. The van der Waals surface area contributed by atoms with Gasteiger partial charge in [-0.2, -0.15) is 5.10 Å². The van der Waals surface area contributed by atoms with E-state index in [0.717, 1.165) is 32.1 Å². The van der Waals surface area contributed by atoms with Gasteiger partial charge in [-0.1, -0.05) is 19.3 Å². The van der Waals surface area contributed by atoms with Crippen LogP contribution in [0.2, 0.25) is 0 Å². The summed E-state index contributed by atoms with van der Waals surface area (Å²) >= 11 is 0. The molecule has 9 heteroatoms. The highest BCUT2D eigenvalue weighted by atomic mass is 16.6. The Morgan fingerprint density at radius 3 is 2.79 bits per heavy atom. The number of nitrogens with zero attached hydrogens (tertiary/aromatic N) is 3. The van der Waals surface area contributed by atoms with Gasteiger partial charge in [-0.05, 0) is 31.9 Å². The van der Waals surface area contributed by atoms with Crippen molar-refractivity contribution in [2.75, 3.05) is 5.73 Å². The molecule has 0 amide bonds. The van der Waals surface area contributed by atoms with Crippen LogP contribution in [0.3, 0.4) is 0 Å². The summed E-state index contributed by atoms with van der Waals surface area (Å²) in [7, 11) is 0. The maximum Gasteiger partial charge on any atom is 0.309 e. The number of anilines is 1. The number of hydrogen-bond acceptors (Lipinski definition) is 8. The van der Waals surface area contributed by atoms with Crippen molar-refractivity contribution in [3.8, 4) is 0 Å². The van der Waals surface area contributed by atoms with Gasteiger partial charge in [0.1, 0.15) is 29.7 Å². The van der Waals surface area contributed by atoms with E-state index in [9.17, 15) is 15.0 Å². The molecule has 0 bridgehead atoms. The van der Waals surface area contributed by atoms with E-state index < -0.39 is 29.5 Å². The highest BCUT2D eigenvalue weighted by Gasteiger charge is 2.87. The third kappa shape index (κ3) is 2.20. The third-order valence-corrected chi connectivity index (χ3v) is 6.70. The van der Waals surface area contributed by atoms with Gasteiger partial charge in [0.15, 0.2) is 17.5 Å². The minimum Gasteiger partial charge on any atom is -0.456 e. The van der Waals surface area contributed by atoms with Crippen LogP contribution < -0.4 is 5.73 Å². The normalized spacial score (nSPS) is 37.8. The second kappa shape index (κ2) is 5.88. The topological polar surface area (TPSA) is 132 Å². The predicted molar refractivity (Wildman–Crippen MR) is 97.0 cm³/mol. The highest BCUT2D eigenvalue weighted by Crippen LogP contribution is 2.64. The van der Waals surface area contributed by atoms with Gasteiger partial charge >= 0.3 is 5.97 Å². The first-order valence-corrected chi connectivity index (χ1v) is 9.75. The van der Waals surface area contributed by atoms with Crippen molar-refractivity contribution in [3.63, 3.8) is 0 Å². The van der Waals surface area contributed by atoms with Crippen LogP contribution in [0.5, 0.6) is 0 Å². The van der Waals surface area contributed by atoms with Crippen LogP contribution in [0.25, 0.3) is 5.52 Å². The van der Waals surface area contributed by atoms with Crippen molar-refractivity contribution in [2.24, 2.45) is 5.92 Å². The quantitative estimate of drug-likeness (QED) is 0.656. The molecule has 5 rings (SSSR count). The number of nitrogen functional groups attached to an aromatic ring is 1. The summed E-state index contributed by atoms with van der Waals surface area (Å²) in [5.74, 6) is -0.137. The van der Waals surface area contributed by atoms with Crippen molar-refractivity contribution in [2.45, 2.75) is 68.5 Å². The summed E-state index contributed by atoms with van der Waals surface area (Å²) in [5.41, 5.74) is 4.19. The zero-order chi connectivity index (χ0) is 19.7. The second-order valence-electron chi connectivity index (χ2n) is 8.27. The lowest BCUT2D eigenvalue weighted by Crippen LogP contribution is -2.37. The lowest BCUT2D eigenvalue weighted by Gasteiger charge is -2.25. The summed E-state index contributed by atoms with van der Waals surface area (Å²) in [5, 5.41) is 26.1. The van der Waals surface area contributed by atoms with Crippen molar-refractivity contribution in [1.29, 1.82) is 0 Å². The van der Waals surface area contributed by atoms with Crippen molar-refractivity contribution in [3.05, 3.63) is 24.2 Å². The van der Waals surface area contributed by atoms with E-state index in [0.29, 0.717) is 17.0 Å². The maximum atomic E-state index is 12.5. The van der Waals surface area contributed by atoms with Crippen LogP contribution in [0.1, 0.15) is 50.8 Å². The number of rotatable bonds is 3. The Balaban J connectivity index is 1.37. The lowest BCUT2D eigenvalue weighted by atomic mass is 9.89. The van der Waals surface area contributed by atoms with Gasteiger partial charge in [-0.25, -0.2) is 9.50 Å². The summed E-state index contributed by atoms with van der Waals surface area (Å²) < 4.78 is 13.2. The highest BCUT2D eigenvalue weighted by molar-refractivity contribution is 5.73. The van der Waals surface area contributed by atoms with Crippen molar-refractivity contribution in [1.82, 2.24) is 14.6 Å². The molecule has 3 fully saturated rings. The molecule has 9 nitrogen and oxygen atoms in total. The molecule has 4 N–H and O–H groups in total. The first kappa shape index (κ1) is 17.8. The molecule has 2 aromatic heterocycles. The molecule has 5 atom stereocenters. The van der Waals surface area contributed by atoms with Crippen LogP contribution in [-0.4, -0.2) is 54.2 Å². The fraction of sp³-hybridized carbons (Fsp3) is 0.632. The molecule has 0 radical (unpaired) electrons. The number of ether oxygens (including phenoxy) is 2. The largest absolute Gasteiger partial charge is 0.456 e. The molecule has 1 unspecified atom stereocenters. The standard InChI is InChI=1S/C19H24N4O5/c1-18-17(27-16(25)10-5-3-2-4-6-10)19(18,26)14(24)13(28-18)11-7-8-12-15(20)21-9-22-23(11)12/h7-10,13-14,17,24,26H,2-6H2,1H3,(H2,20,21,22)/t13-,14-,17?,18+,19+/m0/s1. The first-order valence-electron chi connectivity index (χ1n) is 9.75. The minimum atomic E-state index is -1.65. The Hall–Kier alpha value is -2.23. The Morgan fingerprint density at radius 2 is 2.11 bits per heavy atom. The van der Waals surface area contributed by atoms with Crippen LogP contribution in [0.15, 0.2) is 18.5 Å². The zero-order valence-electron chi connectivity index (χ0n) is 15.6. The van der Waals surface area contributed by atoms with Gasteiger partial charge in [0, 0.05) is 0 Å². The number of aromatic nitrogens is 3. The number of fused-ring (bicyclic) bond motifs is 2. The maximum absolute atomic E-state index is 12.5. The van der Waals surface area contributed by atoms with Crippen molar-refractivity contribution < 1.29 is 24.5 Å². The fourth-order valence-corrected chi connectivity index (χ4v) is 4.89. The van der Waals surface area contributed by atoms with Gasteiger partial charge < -0.3 is 25.4 Å². The number of esters is 1. The first-order chi connectivity index (χ1) is 13.4. The molecule has 3 aliphatic rings. The SMILES string of the molecule is C[C@]12O[C@@H](c3ccc4c(N)ncnn34)[C@H](O)[C@@]1(O)C2OC(=O)C1CCCCC1. The number of carbonyl (C=O) groups excluding carboxylic acids is 1. The molecule has 2 saturated carbocycles. The zero-order valence-corrected chi connectivity index (χ0v) is 15.6. The Morgan fingerprint density at radius 1 is 1.36 bits per heavy atom. The predicted octanol–water partition coefficient (Wildman–Crippen LogP) is 0.739. The molecule has 2 aromatic rings. The summed E-state index contributed by atoms with van der Waals surface area (Å²) in [6, 6.07) is 3.46. The van der Waals surface area contributed by atoms with E-state index in [4.69, 9.17) is 15.2 Å². The molecule has 1 saturated heterocycles. The van der Waals surface area contributed by atoms with E-state index in [2.05, 4.69) is 10.1 Å². The van der Waals surface area contributed by atoms with Gasteiger partial charge in [0.05, 0.1) is 11.6 Å². The minimum absolute atomic E-state index is 0.135. The van der Waals surface area contributed by atoms with E-state index in [-0.39, 0.29) is 11.9 Å². The van der Waals surface area contributed by atoms with Gasteiger partial charge in [0.2, 0.25) is 0 Å². The van der Waals surface area contributed by atoms with Crippen LogP contribution >= 0.6 is 0 Å². The van der Waals surface area contributed by atoms with Crippen LogP contribution in [0.4, 0.5) is 5.82 Å². The molecular formula is C19H24N4O5. The third-order valence-electron chi connectivity index (χ3n) is 6.70. The smallest absolute Gasteiger partial charge is 0.309 e. The molecule has 2 aliphatic carbocycles. The second-order valence-corrected chi connectivity index (χ2v) is 8.27. The molecule has 28 heavy (non-hydrogen) atoms. The molecule has 3 heterocycles. The van der Waals surface area contributed by atoms with E-state index in [1.54, 1.807) is 19.1 Å². The summed E-state index contributed by atoms with van der Waals surface area (Å²) in [6.07, 6.45) is 3.13. The average molecular weight is 388 g/mol. The Kier molecular flexibility index (Phi) is 3.75. The van der Waals surface area contributed by atoms with Crippen LogP contribution in [-0.2, 0) is 14.3 Å². The molecular weight excluding hydrogens is 364 g/mol.